The van der Waals surface area contributed by atoms with Gasteiger partial charge in [-0.25, -0.2) is 0 Å². The molecule has 0 aliphatic carbocycles. The smallest absolute Gasteiger partial charge is 0.0800 e. The topological polar surface area (TPSA) is 20.2 Å². The second-order valence-corrected chi connectivity index (χ2v) is 6.56. The third-order valence-corrected chi connectivity index (χ3v) is 3.71. The Bertz CT molecular complexity index is 390. The van der Waals surface area contributed by atoms with Crippen LogP contribution in [-0.4, -0.2) is 10.7 Å². The van der Waals surface area contributed by atoms with Gasteiger partial charge in [0.15, 0.2) is 0 Å². The largest absolute Gasteiger partial charge is 0.386 e. The highest BCUT2D eigenvalue weighted by Crippen LogP contribution is 2.16. The molecule has 0 spiro atoms. The first-order chi connectivity index (χ1) is 9.76. The van der Waals surface area contributed by atoms with Gasteiger partial charge in [-0.3, -0.25) is 0 Å². The highest BCUT2D eigenvalue weighted by Gasteiger charge is 2.13. The summed E-state index contributed by atoms with van der Waals surface area (Å²) in [4.78, 5) is 0. The molecule has 1 heteroatoms. The molecule has 0 saturated carbocycles. The Morgan fingerprint density at radius 2 is 1.38 bits per heavy atom. The van der Waals surface area contributed by atoms with Crippen LogP contribution in [0.15, 0.2) is 47.6 Å². The van der Waals surface area contributed by atoms with Gasteiger partial charge in [-0.2, -0.15) is 0 Å². The van der Waals surface area contributed by atoms with Crippen molar-refractivity contribution in [2.75, 3.05) is 0 Å². The van der Waals surface area contributed by atoms with Gasteiger partial charge in [0, 0.05) is 0 Å². The number of allylic oxidation sites excluding steroid dienone is 6. The lowest BCUT2D eigenvalue weighted by Gasteiger charge is -2.16. The van der Waals surface area contributed by atoms with Crippen LogP contribution in [0.25, 0.3) is 0 Å². The van der Waals surface area contributed by atoms with Crippen molar-refractivity contribution in [1.29, 1.82) is 0 Å². The molecule has 0 heterocycles. The molecule has 21 heavy (non-hydrogen) atoms. The number of hydrogen-bond acceptors (Lipinski definition) is 1. The fraction of sp³-hybridized carbons (Fsp3) is 0.600. The first-order valence-corrected chi connectivity index (χ1v) is 8.07. The fourth-order valence-corrected chi connectivity index (χ4v) is 2.05. The number of aliphatic hydroxyl groups is 1. The van der Waals surface area contributed by atoms with Crippen molar-refractivity contribution in [1.82, 2.24) is 0 Å². The fourth-order valence-electron chi connectivity index (χ4n) is 2.05. The van der Waals surface area contributed by atoms with Crippen LogP contribution in [0.1, 0.15) is 73.1 Å². The van der Waals surface area contributed by atoms with Crippen LogP contribution in [0, 0.1) is 0 Å². The van der Waals surface area contributed by atoms with Crippen molar-refractivity contribution in [2.45, 2.75) is 78.7 Å². The predicted molar refractivity (Wildman–Crippen MR) is 95.5 cm³/mol. The van der Waals surface area contributed by atoms with E-state index in [9.17, 15) is 5.11 Å². The van der Waals surface area contributed by atoms with Crippen LogP contribution in [0.2, 0.25) is 0 Å². The molecule has 0 radical (unpaired) electrons. The Kier molecular flexibility index (Phi) is 10.1. The molecule has 0 aliphatic rings. The normalized spacial score (nSPS) is 15.5. The summed E-state index contributed by atoms with van der Waals surface area (Å²) in [6.07, 6.45) is 14.7. The molecular weight excluding hydrogens is 256 g/mol. The van der Waals surface area contributed by atoms with E-state index >= 15 is 0 Å². The highest BCUT2D eigenvalue weighted by molar-refractivity contribution is 5.06. The average molecular weight is 290 g/mol. The molecule has 0 bridgehead atoms. The van der Waals surface area contributed by atoms with Gasteiger partial charge < -0.3 is 5.11 Å². The molecule has 0 unspecified atom stereocenters. The summed E-state index contributed by atoms with van der Waals surface area (Å²) < 4.78 is 0. The monoisotopic (exact) mass is 290 g/mol. The third-order valence-electron chi connectivity index (χ3n) is 3.71. The van der Waals surface area contributed by atoms with Gasteiger partial charge in [-0.15, -0.1) is 6.58 Å². The van der Waals surface area contributed by atoms with Crippen molar-refractivity contribution in [3.05, 3.63) is 47.6 Å². The van der Waals surface area contributed by atoms with Gasteiger partial charge in [0.05, 0.1) is 5.60 Å². The van der Waals surface area contributed by atoms with Crippen molar-refractivity contribution >= 4 is 0 Å². The van der Waals surface area contributed by atoms with Crippen LogP contribution in [-0.2, 0) is 0 Å². The van der Waals surface area contributed by atoms with E-state index in [4.69, 9.17) is 0 Å². The molecule has 0 amide bonds. The zero-order valence-corrected chi connectivity index (χ0v) is 14.7. The van der Waals surface area contributed by atoms with Gasteiger partial charge in [0.1, 0.15) is 0 Å². The molecule has 0 fully saturated rings. The van der Waals surface area contributed by atoms with Crippen molar-refractivity contribution in [2.24, 2.45) is 0 Å². The zero-order valence-electron chi connectivity index (χ0n) is 14.7. The Morgan fingerprint density at radius 3 is 1.86 bits per heavy atom. The minimum Gasteiger partial charge on any atom is -0.386 e. The maximum Gasteiger partial charge on any atom is 0.0800 e. The van der Waals surface area contributed by atoms with Gasteiger partial charge in [-0.05, 0) is 73.1 Å². The quantitative estimate of drug-likeness (QED) is 0.480. The van der Waals surface area contributed by atoms with E-state index in [0.717, 1.165) is 38.5 Å². The second-order valence-electron chi connectivity index (χ2n) is 6.56. The molecule has 0 aliphatic heterocycles. The lowest BCUT2D eigenvalue weighted by atomic mass is 9.99. The Labute approximate surface area is 132 Å². The Morgan fingerprint density at radius 1 is 0.905 bits per heavy atom. The summed E-state index contributed by atoms with van der Waals surface area (Å²) in [5.41, 5.74) is 3.55. The molecular formula is C20H34O. The maximum absolute atomic E-state index is 9.84. The molecule has 1 N–H and O–H groups in total. The molecule has 0 rings (SSSR count). The van der Waals surface area contributed by atoms with Crippen LogP contribution >= 0.6 is 0 Å². The molecule has 0 aromatic rings. The van der Waals surface area contributed by atoms with E-state index in [2.05, 4.69) is 52.5 Å². The van der Waals surface area contributed by atoms with Crippen LogP contribution in [0.5, 0.6) is 0 Å². The summed E-state index contributed by atoms with van der Waals surface area (Å²) in [5.74, 6) is 0. The van der Waals surface area contributed by atoms with E-state index in [1.54, 1.807) is 6.08 Å². The summed E-state index contributed by atoms with van der Waals surface area (Å²) in [6.45, 7) is 14.2. The van der Waals surface area contributed by atoms with E-state index in [1.807, 2.05) is 6.92 Å². The van der Waals surface area contributed by atoms with Crippen molar-refractivity contribution in [3.8, 4) is 0 Å². The molecule has 0 saturated heterocycles. The lowest BCUT2D eigenvalue weighted by molar-refractivity contribution is 0.103. The molecule has 0 aromatic carbocycles. The molecule has 120 valence electrons. The number of rotatable bonds is 10. The van der Waals surface area contributed by atoms with Gasteiger partial charge in [0.25, 0.3) is 0 Å². The Balaban J connectivity index is 3.99. The average Bonchev–Trinajstić information content (AvgIpc) is 2.38. The summed E-state index contributed by atoms with van der Waals surface area (Å²) in [5, 5.41) is 9.84. The predicted octanol–water partition coefficient (Wildman–Crippen LogP) is 6.12. The second kappa shape index (κ2) is 10.6. The van der Waals surface area contributed by atoms with E-state index in [0.29, 0.717) is 0 Å². The summed E-state index contributed by atoms with van der Waals surface area (Å²) in [7, 11) is 0. The van der Waals surface area contributed by atoms with Crippen LogP contribution in [0.3, 0.4) is 0 Å². The highest BCUT2D eigenvalue weighted by atomic mass is 16.3. The van der Waals surface area contributed by atoms with E-state index in [1.165, 1.54) is 16.7 Å². The van der Waals surface area contributed by atoms with E-state index in [-0.39, 0.29) is 0 Å². The summed E-state index contributed by atoms with van der Waals surface area (Å²) >= 11 is 0. The molecule has 1 nitrogen and oxygen atoms in total. The lowest BCUT2D eigenvalue weighted by Crippen LogP contribution is -2.19. The third kappa shape index (κ3) is 12.4. The Hall–Kier alpha value is -1.08. The minimum atomic E-state index is -0.738. The van der Waals surface area contributed by atoms with Gasteiger partial charge in [-0.1, -0.05) is 41.0 Å². The first-order valence-electron chi connectivity index (χ1n) is 8.07. The number of hydrogen-bond donors (Lipinski definition) is 1. The van der Waals surface area contributed by atoms with Crippen molar-refractivity contribution < 1.29 is 5.11 Å². The van der Waals surface area contributed by atoms with Gasteiger partial charge >= 0.3 is 0 Å². The zero-order chi connectivity index (χ0) is 16.3. The molecule has 1 atom stereocenters. The van der Waals surface area contributed by atoms with E-state index < -0.39 is 5.60 Å². The molecule has 0 aromatic heterocycles. The maximum atomic E-state index is 9.84. The summed E-state index contributed by atoms with van der Waals surface area (Å²) in [6, 6.07) is 0. The standard InChI is InChI=1S/C20H34O/c1-7-20(6,21)16-10-15-19(5)14-9-13-18(4)12-8-11-17(2)3/h7,11,13,15,21H,1,8-10,12,14,16H2,2-6H3/b18-13+,19-15+/t20-/m0/s1. The van der Waals surface area contributed by atoms with Crippen LogP contribution in [0.4, 0.5) is 0 Å². The van der Waals surface area contributed by atoms with Crippen LogP contribution < -0.4 is 0 Å². The SMILES string of the molecule is C=C[C@](C)(O)CC/C=C(\C)CC/C=C(\C)CCC=C(C)C. The first kappa shape index (κ1) is 19.9. The minimum absolute atomic E-state index is 0.738. The van der Waals surface area contributed by atoms with Crippen molar-refractivity contribution in [3.63, 3.8) is 0 Å². The van der Waals surface area contributed by atoms with Gasteiger partial charge in [0.2, 0.25) is 0 Å².